The summed E-state index contributed by atoms with van der Waals surface area (Å²) in [7, 11) is 0. The number of fused-ring (bicyclic) bond motifs is 3. The number of rotatable bonds is 4. The molecule has 154 valence electrons. The number of carbonyl (C=O) groups excluding carboxylic acids is 1. The van der Waals surface area contributed by atoms with Crippen LogP contribution < -0.4 is 5.32 Å². The van der Waals surface area contributed by atoms with Crippen LogP contribution in [-0.2, 0) is 0 Å². The van der Waals surface area contributed by atoms with E-state index in [1.54, 1.807) is 12.1 Å². The molecule has 3 aliphatic rings. The van der Waals surface area contributed by atoms with Gasteiger partial charge in [0.05, 0.1) is 24.0 Å². The molecule has 3 atom stereocenters. The third-order valence-corrected chi connectivity index (χ3v) is 6.12. The molecular weight excluding hydrogens is 383 g/mol. The number of hydrogen-bond acceptors (Lipinski definition) is 5. The molecule has 2 bridgehead atoms. The number of nitrogens with zero attached hydrogens (tertiary/aromatic N) is 5. The molecule has 1 saturated carbocycles. The normalized spacial score (nSPS) is 22.9. The summed E-state index contributed by atoms with van der Waals surface area (Å²) >= 11 is 0. The lowest BCUT2D eigenvalue weighted by molar-refractivity contribution is 0.0281. The van der Waals surface area contributed by atoms with Gasteiger partial charge in [-0.25, -0.2) is 9.37 Å². The first kappa shape index (κ1) is 18.7. The number of aryl methyl sites for hydroxylation is 1. The van der Waals surface area contributed by atoms with Crippen molar-refractivity contribution >= 4 is 11.7 Å². The Balaban J connectivity index is 1.44. The molecule has 1 aliphatic carbocycles. The number of aromatic nitrogens is 4. The molecule has 1 amide bonds. The van der Waals surface area contributed by atoms with Gasteiger partial charge < -0.3 is 10.2 Å². The predicted octanol–water partition coefficient (Wildman–Crippen LogP) is 3.22. The van der Waals surface area contributed by atoms with Gasteiger partial charge in [0.15, 0.2) is 5.82 Å². The Kier molecular flexibility index (Phi) is 4.69. The topological polar surface area (TPSA) is 75.9 Å². The summed E-state index contributed by atoms with van der Waals surface area (Å²) in [6, 6.07) is 8.68. The Bertz CT molecular complexity index is 1050. The van der Waals surface area contributed by atoms with Gasteiger partial charge in [-0.1, -0.05) is 12.1 Å². The SMILES string of the molecule is Cc1ccc(N[C@@H]2CC3CC[C@@H]2N(C(=O)c2cccc(F)c2-n2nccn2)C3)nc1. The molecule has 1 aromatic carbocycles. The zero-order valence-electron chi connectivity index (χ0n) is 16.7. The van der Waals surface area contributed by atoms with Crippen molar-refractivity contribution in [3.8, 4) is 5.69 Å². The van der Waals surface area contributed by atoms with Crippen molar-refractivity contribution < 1.29 is 9.18 Å². The zero-order chi connectivity index (χ0) is 20.7. The highest BCUT2D eigenvalue weighted by Crippen LogP contribution is 2.38. The van der Waals surface area contributed by atoms with Gasteiger partial charge in [0, 0.05) is 18.8 Å². The molecule has 3 aromatic rings. The lowest BCUT2D eigenvalue weighted by Gasteiger charge is -2.50. The maximum Gasteiger partial charge on any atom is 0.256 e. The van der Waals surface area contributed by atoms with Gasteiger partial charge >= 0.3 is 0 Å². The smallest absolute Gasteiger partial charge is 0.256 e. The quantitative estimate of drug-likeness (QED) is 0.720. The summed E-state index contributed by atoms with van der Waals surface area (Å²) in [4.78, 5) is 21.1. The van der Waals surface area contributed by atoms with Crippen molar-refractivity contribution in [2.75, 3.05) is 11.9 Å². The summed E-state index contributed by atoms with van der Waals surface area (Å²) in [5.41, 5.74) is 1.48. The fourth-order valence-electron chi connectivity index (χ4n) is 4.70. The molecule has 2 aromatic heterocycles. The fourth-order valence-corrected chi connectivity index (χ4v) is 4.70. The molecule has 1 N–H and O–H groups in total. The van der Waals surface area contributed by atoms with Crippen molar-refractivity contribution in [3.63, 3.8) is 0 Å². The Morgan fingerprint density at radius 1 is 1.17 bits per heavy atom. The van der Waals surface area contributed by atoms with Crippen LogP contribution in [-0.4, -0.2) is 49.4 Å². The molecule has 6 rings (SSSR count). The molecule has 2 aliphatic heterocycles. The molecular formula is C22H23FN6O. The van der Waals surface area contributed by atoms with Crippen LogP contribution in [0.4, 0.5) is 10.2 Å². The van der Waals surface area contributed by atoms with Crippen LogP contribution in [0, 0.1) is 18.7 Å². The minimum absolute atomic E-state index is 0.0345. The fraction of sp³-hybridized carbons (Fsp3) is 0.364. The van der Waals surface area contributed by atoms with Gasteiger partial charge in [0.2, 0.25) is 0 Å². The number of anilines is 1. The number of piperidine rings is 2. The molecule has 0 radical (unpaired) electrons. The summed E-state index contributed by atoms with van der Waals surface area (Å²) in [6.45, 7) is 2.69. The van der Waals surface area contributed by atoms with Crippen LogP contribution in [0.15, 0.2) is 48.9 Å². The summed E-state index contributed by atoms with van der Waals surface area (Å²) in [5.74, 6) is 0.539. The van der Waals surface area contributed by atoms with E-state index in [9.17, 15) is 9.18 Å². The summed E-state index contributed by atoms with van der Waals surface area (Å²) < 4.78 is 14.6. The standard InChI is InChI=1S/C22H23FN6O/c1-14-5-8-20(24-12-14)27-18-11-15-6-7-19(18)28(13-15)22(30)16-3-2-4-17(23)21(16)29-25-9-10-26-29/h2-5,8-10,12,15,18-19H,6-7,11,13H2,1H3,(H,24,27)/t15?,18-,19+/m1/s1. The Labute approximate surface area is 173 Å². The lowest BCUT2D eigenvalue weighted by atomic mass is 9.76. The van der Waals surface area contributed by atoms with Crippen LogP contribution in [0.2, 0.25) is 0 Å². The van der Waals surface area contributed by atoms with Crippen LogP contribution in [0.25, 0.3) is 5.69 Å². The van der Waals surface area contributed by atoms with E-state index in [2.05, 4.69) is 20.5 Å². The van der Waals surface area contributed by atoms with E-state index in [0.717, 1.165) is 30.6 Å². The number of halogens is 1. The molecule has 7 nitrogen and oxygen atoms in total. The first-order chi connectivity index (χ1) is 14.6. The van der Waals surface area contributed by atoms with Gasteiger partial charge in [0.1, 0.15) is 11.5 Å². The Hall–Kier alpha value is -3.29. The second kappa shape index (κ2) is 7.51. The first-order valence-electron chi connectivity index (χ1n) is 10.3. The predicted molar refractivity (Wildman–Crippen MR) is 110 cm³/mol. The minimum Gasteiger partial charge on any atom is -0.365 e. The largest absolute Gasteiger partial charge is 0.365 e. The maximum atomic E-state index is 14.6. The van der Waals surface area contributed by atoms with Gasteiger partial charge in [-0.3, -0.25) is 4.79 Å². The van der Waals surface area contributed by atoms with Crippen LogP contribution in [0.3, 0.4) is 0 Å². The number of pyridine rings is 1. The maximum absolute atomic E-state index is 14.6. The number of amides is 1. The van der Waals surface area contributed by atoms with Crippen molar-refractivity contribution in [2.45, 2.75) is 38.3 Å². The van der Waals surface area contributed by atoms with Gasteiger partial charge in [-0.05, 0) is 55.9 Å². The van der Waals surface area contributed by atoms with E-state index >= 15 is 0 Å². The number of carbonyl (C=O) groups is 1. The zero-order valence-corrected chi connectivity index (χ0v) is 16.7. The second-order valence-corrected chi connectivity index (χ2v) is 8.13. The van der Waals surface area contributed by atoms with Crippen LogP contribution in [0.5, 0.6) is 0 Å². The van der Waals surface area contributed by atoms with Crippen LogP contribution in [0.1, 0.15) is 35.2 Å². The van der Waals surface area contributed by atoms with Gasteiger partial charge in [0.25, 0.3) is 5.91 Å². The number of benzene rings is 1. The van der Waals surface area contributed by atoms with Gasteiger partial charge in [-0.2, -0.15) is 10.2 Å². The average molecular weight is 406 g/mol. The van der Waals surface area contributed by atoms with Crippen molar-refractivity contribution in [3.05, 3.63) is 65.9 Å². The molecule has 3 fully saturated rings. The molecule has 4 heterocycles. The molecule has 0 spiro atoms. The Morgan fingerprint density at radius 3 is 2.73 bits per heavy atom. The highest BCUT2D eigenvalue weighted by Gasteiger charge is 2.43. The van der Waals surface area contributed by atoms with E-state index < -0.39 is 5.82 Å². The molecule has 8 heteroatoms. The summed E-state index contributed by atoms with van der Waals surface area (Å²) in [5, 5.41) is 11.6. The Morgan fingerprint density at radius 2 is 2.00 bits per heavy atom. The van der Waals surface area contributed by atoms with E-state index in [1.165, 1.54) is 23.3 Å². The molecule has 30 heavy (non-hydrogen) atoms. The van der Waals surface area contributed by atoms with Gasteiger partial charge in [-0.15, -0.1) is 4.80 Å². The van der Waals surface area contributed by atoms with E-state index in [0.29, 0.717) is 12.5 Å². The average Bonchev–Trinajstić information content (AvgIpc) is 3.29. The molecule has 1 unspecified atom stereocenters. The number of para-hydroxylation sites is 1. The first-order valence-corrected chi connectivity index (χ1v) is 10.3. The lowest BCUT2D eigenvalue weighted by Crippen LogP contribution is -2.59. The van der Waals surface area contributed by atoms with E-state index in [4.69, 9.17) is 0 Å². The highest BCUT2D eigenvalue weighted by atomic mass is 19.1. The third kappa shape index (κ3) is 3.32. The van der Waals surface area contributed by atoms with E-state index in [-0.39, 0.29) is 29.2 Å². The second-order valence-electron chi connectivity index (χ2n) is 8.13. The van der Waals surface area contributed by atoms with E-state index in [1.807, 2.05) is 30.2 Å². The molecule has 2 saturated heterocycles. The monoisotopic (exact) mass is 406 g/mol. The van der Waals surface area contributed by atoms with Crippen LogP contribution >= 0.6 is 0 Å². The number of hydrogen-bond donors (Lipinski definition) is 1. The van der Waals surface area contributed by atoms with Crippen molar-refractivity contribution in [2.24, 2.45) is 5.92 Å². The van der Waals surface area contributed by atoms with Crippen molar-refractivity contribution in [1.29, 1.82) is 0 Å². The minimum atomic E-state index is -0.516. The number of nitrogens with one attached hydrogen (secondary N) is 1. The third-order valence-electron chi connectivity index (χ3n) is 6.12. The summed E-state index contributed by atoms with van der Waals surface area (Å²) in [6.07, 6.45) is 7.80. The van der Waals surface area contributed by atoms with Crippen molar-refractivity contribution in [1.82, 2.24) is 24.9 Å². The highest BCUT2D eigenvalue weighted by molar-refractivity contribution is 5.98.